The average molecular weight is 296 g/mol. The molecule has 0 heterocycles. The third kappa shape index (κ3) is 5.91. The number of hydrogen-bond acceptors (Lipinski definition) is 3. The number of hydrogen-bond donors (Lipinski definition) is 2. The fraction of sp³-hybridized carbons (Fsp3) is 0.467. The van der Waals surface area contributed by atoms with Crippen molar-refractivity contribution in [2.45, 2.75) is 32.4 Å². The maximum atomic E-state index is 13.2. The van der Waals surface area contributed by atoms with Gasteiger partial charge in [-0.3, -0.25) is 9.59 Å². The number of nitrogens with one attached hydrogen (secondary N) is 2. The molecular weight excluding hydrogens is 275 g/mol. The van der Waals surface area contributed by atoms with Gasteiger partial charge in [0.15, 0.2) is 0 Å². The summed E-state index contributed by atoms with van der Waals surface area (Å²) in [5.74, 6) is -1.84. The van der Waals surface area contributed by atoms with Crippen molar-refractivity contribution < 1.29 is 18.7 Å². The highest BCUT2D eigenvalue weighted by atomic mass is 19.1. The molecule has 116 valence electrons. The van der Waals surface area contributed by atoms with Gasteiger partial charge in [0.25, 0.3) is 0 Å². The molecule has 0 bridgehead atoms. The van der Waals surface area contributed by atoms with Crippen LogP contribution in [-0.2, 0) is 14.3 Å². The van der Waals surface area contributed by atoms with Gasteiger partial charge in [-0.05, 0) is 38.5 Å². The standard InChI is InChI=1S/C15H21FN2O3/c1-15(2,3)18-14(20)13(19)17-9-12(21-4)10-6-5-7-11(16)8-10/h5-8,12H,9H2,1-4H3,(H,17,19)(H,18,20). The van der Waals surface area contributed by atoms with Crippen LogP contribution in [0.15, 0.2) is 24.3 Å². The average Bonchev–Trinajstić information content (AvgIpc) is 2.37. The van der Waals surface area contributed by atoms with Gasteiger partial charge in [0.1, 0.15) is 5.82 Å². The van der Waals surface area contributed by atoms with E-state index < -0.39 is 23.5 Å². The molecule has 0 aromatic heterocycles. The molecule has 0 aliphatic heterocycles. The van der Waals surface area contributed by atoms with E-state index in [1.165, 1.54) is 19.2 Å². The SMILES string of the molecule is COC(CNC(=O)C(=O)NC(C)(C)C)c1cccc(F)c1. The summed E-state index contributed by atoms with van der Waals surface area (Å²) in [6.07, 6.45) is -0.521. The van der Waals surface area contributed by atoms with Crippen molar-refractivity contribution in [1.29, 1.82) is 0 Å². The molecule has 2 N–H and O–H groups in total. The quantitative estimate of drug-likeness (QED) is 0.828. The zero-order chi connectivity index (χ0) is 16.0. The lowest BCUT2D eigenvalue weighted by Gasteiger charge is -2.21. The van der Waals surface area contributed by atoms with Crippen LogP contribution in [0.1, 0.15) is 32.4 Å². The first-order valence-corrected chi connectivity index (χ1v) is 6.61. The second-order valence-corrected chi connectivity index (χ2v) is 5.69. The molecule has 6 heteroatoms. The molecule has 0 saturated carbocycles. The molecule has 0 aliphatic rings. The summed E-state index contributed by atoms with van der Waals surface area (Å²) >= 11 is 0. The summed E-state index contributed by atoms with van der Waals surface area (Å²) in [5, 5.41) is 5.03. The second-order valence-electron chi connectivity index (χ2n) is 5.69. The number of rotatable bonds is 4. The number of benzene rings is 1. The largest absolute Gasteiger partial charge is 0.375 e. The van der Waals surface area contributed by atoms with E-state index in [0.29, 0.717) is 5.56 Å². The minimum atomic E-state index is -0.747. The van der Waals surface area contributed by atoms with Crippen molar-refractivity contribution in [2.75, 3.05) is 13.7 Å². The zero-order valence-corrected chi connectivity index (χ0v) is 12.7. The molecular formula is C15H21FN2O3. The Balaban J connectivity index is 2.60. The molecule has 0 aliphatic carbocycles. The number of ether oxygens (including phenoxy) is 1. The predicted octanol–water partition coefficient (Wildman–Crippen LogP) is 1.54. The lowest BCUT2D eigenvalue weighted by Crippen LogP contribution is -2.48. The van der Waals surface area contributed by atoms with Crippen LogP contribution >= 0.6 is 0 Å². The Morgan fingerprint density at radius 1 is 1.29 bits per heavy atom. The smallest absolute Gasteiger partial charge is 0.309 e. The third-order valence-electron chi connectivity index (χ3n) is 2.65. The number of methoxy groups -OCH3 is 1. The Morgan fingerprint density at radius 3 is 2.48 bits per heavy atom. The van der Waals surface area contributed by atoms with Crippen LogP contribution in [0.2, 0.25) is 0 Å². The van der Waals surface area contributed by atoms with Crippen LogP contribution in [0.3, 0.4) is 0 Å². The minimum absolute atomic E-state index is 0.0797. The molecule has 2 amide bonds. The van der Waals surface area contributed by atoms with Crippen LogP contribution in [0.5, 0.6) is 0 Å². The Morgan fingerprint density at radius 2 is 1.95 bits per heavy atom. The molecule has 5 nitrogen and oxygen atoms in total. The van der Waals surface area contributed by atoms with Crippen LogP contribution in [-0.4, -0.2) is 31.0 Å². The third-order valence-corrected chi connectivity index (χ3v) is 2.65. The van der Waals surface area contributed by atoms with Gasteiger partial charge in [0, 0.05) is 19.2 Å². The van der Waals surface area contributed by atoms with E-state index in [9.17, 15) is 14.0 Å². The van der Waals surface area contributed by atoms with E-state index in [-0.39, 0.29) is 12.4 Å². The second kappa shape index (κ2) is 7.17. The summed E-state index contributed by atoms with van der Waals surface area (Å²) in [6, 6.07) is 5.91. The number of halogens is 1. The van der Waals surface area contributed by atoms with Crippen molar-refractivity contribution in [1.82, 2.24) is 10.6 Å². The molecule has 1 rings (SSSR count). The normalized spacial score (nSPS) is 12.6. The number of carbonyl (C=O) groups excluding carboxylic acids is 2. The van der Waals surface area contributed by atoms with E-state index in [1.807, 2.05) is 0 Å². The van der Waals surface area contributed by atoms with Crippen molar-refractivity contribution >= 4 is 11.8 Å². The Hall–Kier alpha value is -1.95. The Kier molecular flexibility index (Phi) is 5.84. The van der Waals surface area contributed by atoms with E-state index in [0.717, 1.165) is 0 Å². The highest BCUT2D eigenvalue weighted by Gasteiger charge is 2.21. The Bertz CT molecular complexity index is 512. The van der Waals surface area contributed by atoms with Crippen LogP contribution < -0.4 is 10.6 Å². The maximum Gasteiger partial charge on any atom is 0.309 e. The zero-order valence-electron chi connectivity index (χ0n) is 12.7. The lowest BCUT2D eigenvalue weighted by molar-refractivity contribution is -0.140. The van der Waals surface area contributed by atoms with Gasteiger partial charge < -0.3 is 15.4 Å². The summed E-state index contributed by atoms with van der Waals surface area (Å²) in [5.41, 5.74) is 0.103. The fourth-order valence-electron chi connectivity index (χ4n) is 1.71. The summed E-state index contributed by atoms with van der Waals surface area (Å²) < 4.78 is 18.4. The molecule has 1 aromatic carbocycles. The first-order valence-electron chi connectivity index (χ1n) is 6.61. The Labute approximate surface area is 123 Å². The van der Waals surface area contributed by atoms with Gasteiger partial charge in [-0.15, -0.1) is 0 Å². The fourth-order valence-corrected chi connectivity index (χ4v) is 1.71. The van der Waals surface area contributed by atoms with E-state index in [1.54, 1.807) is 32.9 Å². The van der Waals surface area contributed by atoms with Crippen LogP contribution in [0, 0.1) is 5.82 Å². The summed E-state index contributed by atoms with van der Waals surface area (Å²) in [7, 11) is 1.46. The van der Waals surface area contributed by atoms with Crippen molar-refractivity contribution in [3.63, 3.8) is 0 Å². The van der Waals surface area contributed by atoms with Gasteiger partial charge in [-0.2, -0.15) is 0 Å². The molecule has 0 spiro atoms. The van der Waals surface area contributed by atoms with Gasteiger partial charge in [0.05, 0.1) is 6.10 Å². The van der Waals surface area contributed by atoms with E-state index in [4.69, 9.17) is 4.74 Å². The molecule has 1 aromatic rings. The number of amides is 2. The van der Waals surface area contributed by atoms with Crippen molar-refractivity contribution in [3.8, 4) is 0 Å². The maximum absolute atomic E-state index is 13.2. The highest BCUT2D eigenvalue weighted by molar-refractivity contribution is 6.35. The topological polar surface area (TPSA) is 67.4 Å². The molecule has 21 heavy (non-hydrogen) atoms. The molecule has 0 saturated heterocycles. The van der Waals surface area contributed by atoms with Crippen LogP contribution in [0.4, 0.5) is 4.39 Å². The van der Waals surface area contributed by atoms with E-state index >= 15 is 0 Å². The first kappa shape index (κ1) is 17.1. The first-order chi connectivity index (χ1) is 9.73. The molecule has 1 unspecified atom stereocenters. The van der Waals surface area contributed by atoms with Gasteiger partial charge in [0.2, 0.25) is 0 Å². The van der Waals surface area contributed by atoms with Crippen molar-refractivity contribution in [3.05, 3.63) is 35.6 Å². The molecule has 0 radical (unpaired) electrons. The lowest BCUT2D eigenvalue weighted by atomic mass is 10.1. The summed E-state index contributed by atoms with van der Waals surface area (Å²) in [4.78, 5) is 23.3. The highest BCUT2D eigenvalue weighted by Crippen LogP contribution is 2.16. The van der Waals surface area contributed by atoms with E-state index in [2.05, 4.69) is 10.6 Å². The van der Waals surface area contributed by atoms with Crippen molar-refractivity contribution in [2.24, 2.45) is 0 Å². The summed E-state index contributed by atoms with van der Waals surface area (Å²) in [6.45, 7) is 5.42. The van der Waals surface area contributed by atoms with Crippen LogP contribution in [0.25, 0.3) is 0 Å². The predicted molar refractivity (Wildman–Crippen MR) is 77.1 cm³/mol. The van der Waals surface area contributed by atoms with Gasteiger partial charge in [-0.25, -0.2) is 4.39 Å². The molecule has 0 fully saturated rings. The van der Waals surface area contributed by atoms with Gasteiger partial charge >= 0.3 is 11.8 Å². The molecule has 1 atom stereocenters. The van der Waals surface area contributed by atoms with Gasteiger partial charge in [-0.1, -0.05) is 12.1 Å². The monoisotopic (exact) mass is 296 g/mol. The number of carbonyl (C=O) groups is 2. The minimum Gasteiger partial charge on any atom is -0.375 e.